The number of aryl methyl sites for hydroxylation is 1. The van der Waals surface area contributed by atoms with Crippen LogP contribution in [0.3, 0.4) is 0 Å². The second-order valence-electron chi connectivity index (χ2n) is 12.2. The van der Waals surface area contributed by atoms with E-state index in [1.54, 1.807) is 24.3 Å². The van der Waals surface area contributed by atoms with Crippen molar-refractivity contribution in [1.82, 2.24) is 5.39 Å². The Hall–Kier alpha value is -3.62. The Bertz CT molecular complexity index is 1320. The summed E-state index contributed by atoms with van der Waals surface area (Å²) < 4.78 is 16.0. The number of ether oxygens (including phenoxy) is 3. The summed E-state index contributed by atoms with van der Waals surface area (Å²) in [6, 6.07) is 15.0. The van der Waals surface area contributed by atoms with Gasteiger partial charge in [0.15, 0.2) is 11.5 Å². The number of aliphatic hydroxyl groups excluding tert-OH is 3. The molecule has 2 aromatic rings. The SMILES string of the molecule is COc1cc(/C=C/C(=O)OCCCCON(O)O)ccc1OC(=O)CCC/C=C\C[C@@H]1[C@@H](CC[C@@H](O)CCc2ccccc2)[C@H](O)C[C@@H]1O. The van der Waals surface area contributed by atoms with Gasteiger partial charge >= 0.3 is 11.9 Å². The summed E-state index contributed by atoms with van der Waals surface area (Å²) in [7, 11) is 1.45. The van der Waals surface area contributed by atoms with E-state index in [9.17, 15) is 24.9 Å². The van der Waals surface area contributed by atoms with Crippen LogP contribution in [0.5, 0.6) is 11.5 Å². The van der Waals surface area contributed by atoms with Crippen LogP contribution in [0.2, 0.25) is 0 Å². The highest BCUT2D eigenvalue weighted by Crippen LogP contribution is 2.38. The van der Waals surface area contributed by atoms with Crippen LogP contribution in [-0.4, -0.2) is 81.7 Å². The predicted molar refractivity (Wildman–Crippen MR) is 180 cm³/mol. The number of carbonyl (C=O) groups excluding carboxylic acids is 2. The van der Waals surface area contributed by atoms with Crippen LogP contribution in [0, 0.1) is 11.8 Å². The van der Waals surface area contributed by atoms with Gasteiger partial charge in [0, 0.05) is 12.5 Å². The quantitative estimate of drug-likeness (QED) is 0.0274. The fourth-order valence-corrected chi connectivity index (χ4v) is 5.93. The first-order chi connectivity index (χ1) is 23.7. The molecule has 0 spiro atoms. The molecule has 49 heavy (non-hydrogen) atoms. The molecule has 0 amide bonds. The summed E-state index contributed by atoms with van der Waals surface area (Å²) >= 11 is 0. The molecule has 1 aliphatic carbocycles. The van der Waals surface area contributed by atoms with Gasteiger partial charge in [0.2, 0.25) is 0 Å². The number of unbranched alkanes of at least 4 members (excludes halogenated alkanes) is 2. The van der Waals surface area contributed by atoms with E-state index in [-0.39, 0.29) is 42.6 Å². The van der Waals surface area contributed by atoms with Gasteiger partial charge in [-0.1, -0.05) is 48.6 Å². The number of methoxy groups -OCH3 is 1. The van der Waals surface area contributed by atoms with Crippen molar-refractivity contribution in [2.45, 2.75) is 88.9 Å². The molecular formula is C37H51NO11. The number of hydrogen-bond donors (Lipinski definition) is 5. The summed E-state index contributed by atoms with van der Waals surface area (Å²) in [6.45, 7) is 0.214. The largest absolute Gasteiger partial charge is 0.493 e. The zero-order chi connectivity index (χ0) is 35.4. The molecule has 270 valence electrons. The van der Waals surface area contributed by atoms with Gasteiger partial charge in [-0.3, -0.25) is 20.0 Å². The maximum absolute atomic E-state index is 12.5. The van der Waals surface area contributed by atoms with Crippen LogP contribution < -0.4 is 9.47 Å². The van der Waals surface area contributed by atoms with Crippen molar-refractivity contribution in [2.24, 2.45) is 11.8 Å². The van der Waals surface area contributed by atoms with Crippen LogP contribution in [0.25, 0.3) is 6.08 Å². The Labute approximate surface area is 288 Å². The number of nitrogens with zero attached hydrogens (tertiary/aromatic N) is 1. The molecule has 1 aliphatic rings. The van der Waals surface area contributed by atoms with Crippen LogP contribution in [0.4, 0.5) is 0 Å². The third-order valence-electron chi connectivity index (χ3n) is 8.60. The number of hydrogen-bond acceptors (Lipinski definition) is 12. The van der Waals surface area contributed by atoms with Gasteiger partial charge in [-0.2, -0.15) is 0 Å². The van der Waals surface area contributed by atoms with Crippen LogP contribution >= 0.6 is 0 Å². The molecule has 3 rings (SSSR count). The first kappa shape index (κ1) is 39.8. The van der Waals surface area contributed by atoms with Crippen molar-refractivity contribution < 1.29 is 54.4 Å². The molecule has 12 nitrogen and oxygen atoms in total. The van der Waals surface area contributed by atoms with Gasteiger partial charge in [-0.05, 0) is 105 Å². The summed E-state index contributed by atoms with van der Waals surface area (Å²) in [6.07, 6.45) is 11.2. The fourth-order valence-electron chi connectivity index (χ4n) is 5.93. The van der Waals surface area contributed by atoms with E-state index in [0.29, 0.717) is 69.1 Å². The van der Waals surface area contributed by atoms with E-state index in [0.717, 1.165) is 6.42 Å². The highest BCUT2D eigenvalue weighted by Gasteiger charge is 2.40. The average molecular weight is 686 g/mol. The molecule has 0 unspecified atom stereocenters. The third-order valence-corrected chi connectivity index (χ3v) is 8.60. The smallest absolute Gasteiger partial charge is 0.330 e. The van der Waals surface area contributed by atoms with Gasteiger partial charge < -0.3 is 29.5 Å². The molecule has 0 aromatic heterocycles. The maximum Gasteiger partial charge on any atom is 0.330 e. The monoisotopic (exact) mass is 685 g/mol. The summed E-state index contributed by atoms with van der Waals surface area (Å²) in [4.78, 5) is 28.9. The molecule has 0 saturated heterocycles. The van der Waals surface area contributed by atoms with Gasteiger partial charge in [-0.15, -0.1) is 0 Å². The molecule has 2 aromatic carbocycles. The zero-order valence-electron chi connectivity index (χ0n) is 28.1. The number of allylic oxidation sites excluding steroid dienone is 2. The summed E-state index contributed by atoms with van der Waals surface area (Å²) in [5.41, 5.74) is 1.83. The normalized spacial score (nSPS) is 19.9. The van der Waals surface area contributed by atoms with E-state index in [4.69, 9.17) is 24.6 Å². The van der Waals surface area contributed by atoms with Gasteiger partial charge in [0.1, 0.15) is 0 Å². The molecule has 1 saturated carbocycles. The van der Waals surface area contributed by atoms with Crippen LogP contribution in [0.15, 0.2) is 66.8 Å². The zero-order valence-corrected chi connectivity index (χ0v) is 28.1. The third kappa shape index (κ3) is 15.2. The van der Waals surface area contributed by atoms with E-state index in [1.165, 1.54) is 18.7 Å². The first-order valence-corrected chi connectivity index (χ1v) is 16.9. The Balaban J connectivity index is 1.35. The Morgan fingerprint density at radius 3 is 2.45 bits per heavy atom. The number of esters is 2. The summed E-state index contributed by atoms with van der Waals surface area (Å²) in [5.74, 6) is -0.503. The summed E-state index contributed by atoms with van der Waals surface area (Å²) in [5, 5.41) is 48.2. The topological polar surface area (TPSA) is 175 Å². The lowest BCUT2D eigenvalue weighted by atomic mass is 9.85. The van der Waals surface area contributed by atoms with Gasteiger partial charge in [-0.25, -0.2) is 4.79 Å². The van der Waals surface area contributed by atoms with E-state index >= 15 is 0 Å². The molecular weight excluding hydrogens is 634 g/mol. The first-order valence-electron chi connectivity index (χ1n) is 16.9. The molecule has 0 aliphatic heterocycles. The Kier molecular flexibility index (Phi) is 18.0. The number of rotatable bonds is 22. The standard InChI is InChI=1S/C37H51NO11/c1-46-35-25-28(17-22-36(42)47-23-9-10-24-48-38(44)45)16-21-34(35)49-37(43)14-8-3-2-7-13-30-31(33(41)26-32(30)40)20-19-29(39)18-15-27-11-5-4-6-12-27/h2,4-7,11-12,16-17,21-22,25,29-33,39-41,44-45H,3,8-10,13-15,18-20,23-24,26H2,1H3/b7-2-,22-17+/t29-,30+,31+,32-,33+/m0/s1. The number of carbonyl (C=O) groups is 2. The molecule has 5 N–H and O–H groups in total. The maximum atomic E-state index is 12.5. The highest BCUT2D eigenvalue weighted by atomic mass is 17.1. The van der Waals surface area contributed by atoms with Crippen molar-refractivity contribution >= 4 is 18.0 Å². The molecule has 5 atom stereocenters. The van der Waals surface area contributed by atoms with Gasteiger partial charge in [0.05, 0.1) is 44.0 Å². The van der Waals surface area contributed by atoms with Crippen LogP contribution in [0.1, 0.15) is 75.3 Å². The van der Waals surface area contributed by atoms with E-state index < -0.39 is 30.3 Å². The van der Waals surface area contributed by atoms with Gasteiger partial charge in [0.25, 0.3) is 0 Å². The number of benzene rings is 2. The average Bonchev–Trinajstić information content (AvgIpc) is 3.36. The minimum atomic E-state index is -0.586. The predicted octanol–water partition coefficient (Wildman–Crippen LogP) is 5.20. The van der Waals surface area contributed by atoms with E-state index in [2.05, 4.69) is 4.84 Å². The molecule has 0 heterocycles. The minimum absolute atomic E-state index is 0.0671. The highest BCUT2D eigenvalue weighted by molar-refractivity contribution is 5.87. The Morgan fingerprint density at radius 1 is 0.939 bits per heavy atom. The van der Waals surface area contributed by atoms with Crippen molar-refractivity contribution in [3.8, 4) is 11.5 Å². The van der Waals surface area contributed by atoms with Crippen molar-refractivity contribution in [3.63, 3.8) is 0 Å². The van der Waals surface area contributed by atoms with Crippen molar-refractivity contribution in [3.05, 3.63) is 77.9 Å². The van der Waals surface area contributed by atoms with Crippen LogP contribution in [-0.2, 0) is 25.6 Å². The second-order valence-corrected chi connectivity index (χ2v) is 12.2. The lowest BCUT2D eigenvalue weighted by Crippen LogP contribution is -2.23. The second kappa shape index (κ2) is 22.2. The molecule has 0 bridgehead atoms. The Morgan fingerprint density at radius 2 is 1.69 bits per heavy atom. The van der Waals surface area contributed by atoms with Crippen molar-refractivity contribution in [1.29, 1.82) is 0 Å². The molecule has 12 heteroatoms. The van der Waals surface area contributed by atoms with Crippen molar-refractivity contribution in [2.75, 3.05) is 20.3 Å². The lowest BCUT2D eigenvalue weighted by molar-refractivity contribution is -0.492. The minimum Gasteiger partial charge on any atom is -0.493 e. The molecule has 1 fully saturated rings. The van der Waals surface area contributed by atoms with E-state index in [1.807, 2.05) is 42.5 Å². The lowest BCUT2D eigenvalue weighted by Gasteiger charge is -2.23. The fraction of sp³-hybridized carbons (Fsp3) is 0.514. The molecule has 0 radical (unpaired) electrons. The number of aliphatic hydroxyl groups is 3.